The molecule has 2 aromatic heterocycles. The van der Waals surface area contributed by atoms with Crippen LogP contribution < -0.4 is 16.4 Å². The maximum absolute atomic E-state index is 12.9. The minimum Gasteiger partial charge on any atom is -0.401 e. The Morgan fingerprint density at radius 3 is 2.56 bits per heavy atom. The van der Waals surface area contributed by atoms with Crippen molar-refractivity contribution in [3.8, 4) is 0 Å². The van der Waals surface area contributed by atoms with Gasteiger partial charge in [-0.25, -0.2) is 9.97 Å². The largest absolute Gasteiger partial charge is 0.401 e. The monoisotopic (exact) mass is 526 g/mol. The third kappa shape index (κ3) is 5.68. The van der Waals surface area contributed by atoms with Crippen LogP contribution in [0.1, 0.15) is 40.9 Å². The number of nitrogens with one attached hydrogen (secondary N) is 3. The number of nitrogens with two attached hydrogens (primary N) is 1. The number of allylic oxidation sites excluding steroid dienone is 2. The summed E-state index contributed by atoms with van der Waals surface area (Å²) < 4.78 is 0. The van der Waals surface area contributed by atoms with Gasteiger partial charge in [0.2, 0.25) is 11.9 Å². The first-order chi connectivity index (χ1) is 19.1. The molecule has 6 rings (SSSR count). The van der Waals surface area contributed by atoms with E-state index in [0.29, 0.717) is 25.5 Å². The van der Waals surface area contributed by atoms with Crippen LogP contribution in [0.3, 0.4) is 0 Å². The van der Waals surface area contributed by atoms with E-state index in [2.05, 4.69) is 65.3 Å². The molecule has 1 saturated heterocycles. The fraction of sp³-hybridized carbons (Fsp3) is 0.429. The van der Waals surface area contributed by atoms with Crippen LogP contribution in [0.15, 0.2) is 47.3 Å². The number of piperidine rings is 1. The number of fused-ring (bicyclic) bond motifs is 2. The van der Waals surface area contributed by atoms with E-state index in [9.17, 15) is 4.79 Å². The van der Waals surface area contributed by atoms with Gasteiger partial charge in [-0.05, 0) is 49.9 Å². The summed E-state index contributed by atoms with van der Waals surface area (Å²) in [6, 6.07) is 8.81. The zero-order valence-corrected chi connectivity index (χ0v) is 21.9. The number of carbonyl (C=O) groups excluding carboxylic acids is 1. The lowest BCUT2D eigenvalue weighted by Gasteiger charge is -2.25. The summed E-state index contributed by atoms with van der Waals surface area (Å²) in [7, 11) is 0. The van der Waals surface area contributed by atoms with Gasteiger partial charge in [0.05, 0.1) is 12.2 Å². The van der Waals surface area contributed by atoms with Crippen molar-refractivity contribution in [1.82, 2.24) is 35.6 Å². The molecule has 11 heteroatoms. The van der Waals surface area contributed by atoms with Crippen LogP contribution >= 0.6 is 0 Å². The Kier molecular flexibility index (Phi) is 7.31. The number of aromatic amines is 1. The number of aliphatic imine (C=N–C) groups is 1. The van der Waals surface area contributed by atoms with E-state index in [1.54, 1.807) is 23.5 Å². The maximum atomic E-state index is 12.9. The van der Waals surface area contributed by atoms with E-state index in [4.69, 9.17) is 5.73 Å². The Balaban J connectivity index is 1.15. The highest BCUT2D eigenvalue weighted by Crippen LogP contribution is 2.26. The Hall–Kier alpha value is -4.12. The van der Waals surface area contributed by atoms with Crippen molar-refractivity contribution in [1.29, 1.82) is 0 Å². The van der Waals surface area contributed by atoms with Crippen LogP contribution in [0.4, 0.5) is 5.95 Å². The topological polar surface area (TPSA) is 150 Å². The van der Waals surface area contributed by atoms with Crippen LogP contribution in [0, 0.1) is 5.92 Å². The Morgan fingerprint density at radius 2 is 1.82 bits per heavy atom. The van der Waals surface area contributed by atoms with Gasteiger partial charge in [0.1, 0.15) is 12.2 Å². The van der Waals surface area contributed by atoms with E-state index in [1.807, 2.05) is 0 Å². The standard InChI is InChI=1S/C28H34N10O/c29-27(18-5-8-30-9-6-18)23(15-31-16-26(39)38-10-7-24-25(17-38)36-37-35-24)21-13-32-28(33-14-21)34-22-11-19-3-1-2-4-20(19)12-22/h1-4,13-15,18,22,30H,5-12,16-17,29H2,(H,32,33,34)(H,35,36,37). The zero-order valence-electron chi connectivity index (χ0n) is 21.9. The summed E-state index contributed by atoms with van der Waals surface area (Å²) in [6.45, 7) is 2.96. The van der Waals surface area contributed by atoms with Gasteiger partial charge >= 0.3 is 0 Å². The first kappa shape index (κ1) is 25.2. The van der Waals surface area contributed by atoms with Crippen LogP contribution in [0.25, 0.3) is 5.57 Å². The molecule has 0 atom stereocenters. The minimum atomic E-state index is -0.0481. The van der Waals surface area contributed by atoms with Crippen molar-refractivity contribution < 1.29 is 4.79 Å². The molecule has 11 nitrogen and oxygen atoms in total. The molecule has 39 heavy (non-hydrogen) atoms. The second-order valence-corrected chi connectivity index (χ2v) is 10.5. The van der Waals surface area contributed by atoms with E-state index < -0.39 is 0 Å². The number of carbonyl (C=O) groups is 1. The smallest absolute Gasteiger partial charge is 0.244 e. The molecular weight excluding hydrogens is 492 g/mol. The van der Waals surface area contributed by atoms with E-state index in [-0.39, 0.29) is 24.4 Å². The molecule has 0 bridgehead atoms. The molecule has 1 aliphatic carbocycles. The number of rotatable bonds is 7. The molecule has 0 radical (unpaired) electrons. The lowest BCUT2D eigenvalue weighted by atomic mass is 9.90. The summed E-state index contributed by atoms with van der Waals surface area (Å²) in [6.07, 6.45) is 9.85. The average molecular weight is 527 g/mol. The Morgan fingerprint density at radius 1 is 1.10 bits per heavy atom. The fourth-order valence-electron chi connectivity index (χ4n) is 5.68. The average Bonchev–Trinajstić information content (AvgIpc) is 3.62. The minimum absolute atomic E-state index is 0.0406. The predicted molar refractivity (Wildman–Crippen MR) is 149 cm³/mol. The number of amides is 1. The van der Waals surface area contributed by atoms with Crippen LogP contribution in [-0.2, 0) is 30.6 Å². The summed E-state index contributed by atoms with van der Waals surface area (Å²) >= 11 is 0. The highest BCUT2D eigenvalue weighted by molar-refractivity contribution is 6.11. The summed E-state index contributed by atoms with van der Waals surface area (Å²) in [5.41, 5.74) is 13.6. The Bertz CT molecular complexity index is 1350. The third-order valence-electron chi connectivity index (χ3n) is 7.90. The molecule has 1 fully saturated rings. The van der Waals surface area contributed by atoms with Gasteiger partial charge in [-0.2, -0.15) is 15.4 Å². The molecule has 202 valence electrons. The Labute approximate surface area is 227 Å². The van der Waals surface area contributed by atoms with Gasteiger partial charge in [0.25, 0.3) is 0 Å². The highest BCUT2D eigenvalue weighted by Gasteiger charge is 2.24. The number of aromatic nitrogens is 5. The van der Waals surface area contributed by atoms with Crippen molar-refractivity contribution in [2.75, 3.05) is 31.5 Å². The van der Waals surface area contributed by atoms with Crippen LogP contribution in [-0.4, -0.2) is 74.6 Å². The number of benzene rings is 1. The number of H-pyrrole nitrogens is 1. The summed E-state index contributed by atoms with van der Waals surface area (Å²) in [5, 5.41) is 17.8. The van der Waals surface area contributed by atoms with Crippen molar-refractivity contribution in [2.45, 2.75) is 44.7 Å². The second kappa shape index (κ2) is 11.3. The van der Waals surface area contributed by atoms with E-state index in [0.717, 1.165) is 67.0 Å². The van der Waals surface area contributed by atoms with Crippen LogP contribution in [0.5, 0.6) is 0 Å². The lowest BCUT2D eigenvalue weighted by Crippen LogP contribution is -2.37. The van der Waals surface area contributed by atoms with Crippen LogP contribution in [0.2, 0.25) is 0 Å². The van der Waals surface area contributed by atoms with E-state index >= 15 is 0 Å². The van der Waals surface area contributed by atoms with Crippen molar-refractivity contribution in [2.24, 2.45) is 16.6 Å². The summed E-state index contributed by atoms with van der Waals surface area (Å²) in [4.78, 5) is 28.4. The normalized spacial score (nSPS) is 18.6. The number of hydrogen-bond donors (Lipinski definition) is 4. The molecule has 0 saturated carbocycles. The van der Waals surface area contributed by atoms with Crippen molar-refractivity contribution in [3.63, 3.8) is 0 Å². The molecule has 1 aromatic carbocycles. The first-order valence-corrected chi connectivity index (χ1v) is 13.7. The fourth-order valence-corrected chi connectivity index (χ4v) is 5.68. The first-order valence-electron chi connectivity index (χ1n) is 13.7. The lowest BCUT2D eigenvalue weighted by molar-refractivity contribution is -0.130. The number of nitrogens with zero attached hydrogens (tertiary/aromatic N) is 6. The summed E-state index contributed by atoms with van der Waals surface area (Å²) in [5.74, 6) is 0.791. The van der Waals surface area contributed by atoms with Gasteiger partial charge in [-0.3, -0.25) is 9.79 Å². The van der Waals surface area contributed by atoms with Gasteiger partial charge in [-0.15, -0.1) is 0 Å². The predicted octanol–water partition coefficient (Wildman–Crippen LogP) is 1.50. The zero-order chi connectivity index (χ0) is 26.6. The maximum Gasteiger partial charge on any atom is 0.244 e. The molecular formula is C28H34N10O. The second-order valence-electron chi connectivity index (χ2n) is 10.5. The van der Waals surface area contributed by atoms with Crippen molar-refractivity contribution in [3.05, 3.63) is 70.4 Å². The van der Waals surface area contributed by atoms with E-state index in [1.165, 1.54) is 11.1 Å². The number of anilines is 1. The van der Waals surface area contributed by atoms with Crippen molar-refractivity contribution >= 4 is 23.6 Å². The quantitative estimate of drug-likeness (QED) is 0.338. The van der Waals surface area contributed by atoms with Gasteiger partial charge < -0.3 is 21.3 Å². The van der Waals surface area contributed by atoms with Gasteiger partial charge in [0, 0.05) is 60.4 Å². The SMILES string of the molecule is NC(=C(C=NCC(=O)N1CCc2n[nH]nc2C1)c1cnc(NC2Cc3ccccc3C2)nc1)C1CCNCC1. The molecule has 3 aromatic rings. The molecule has 1 amide bonds. The molecule has 4 heterocycles. The highest BCUT2D eigenvalue weighted by atomic mass is 16.2. The molecule has 5 N–H and O–H groups in total. The molecule has 0 unspecified atom stereocenters. The molecule has 3 aliphatic rings. The molecule has 2 aliphatic heterocycles. The number of hydrogen-bond acceptors (Lipinski definition) is 9. The van der Waals surface area contributed by atoms with Gasteiger partial charge in [0.15, 0.2) is 0 Å². The molecule has 0 spiro atoms. The third-order valence-corrected chi connectivity index (χ3v) is 7.90. The van der Waals surface area contributed by atoms with Gasteiger partial charge in [-0.1, -0.05) is 24.3 Å².